The topological polar surface area (TPSA) is 228 Å². The van der Waals surface area contributed by atoms with Gasteiger partial charge >= 0.3 is 0 Å². The summed E-state index contributed by atoms with van der Waals surface area (Å²) in [5.41, 5.74) is 0. The average molecular weight is 1300 g/mol. The van der Waals surface area contributed by atoms with Gasteiger partial charge in [-0.1, -0.05) is 318 Å². The first-order chi connectivity index (χ1) is 45.1. The van der Waals surface area contributed by atoms with E-state index in [1.807, 2.05) is 6.08 Å². The fourth-order valence-corrected chi connectivity index (χ4v) is 12.4. The van der Waals surface area contributed by atoms with E-state index in [1.54, 1.807) is 6.08 Å². The summed E-state index contributed by atoms with van der Waals surface area (Å²) in [6.07, 6.45) is 68.4. The predicted octanol–water partition coefficient (Wildman–Crippen LogP) is 16.6. The number of carbonyl (C=O) groups is 1. The van der Waals surface area contributed by atoms with E-state index < -0.39 is 86.8 Å². The Morgan fingerprint density at radius 3 is 1.20 bits per heavy atom. The lowest BCUT2D eigenvalue weighted by atomic mass is 9.97. The van der Waals surface area contributed by atoms with Gasteiger partial charge in [0.05, 0.1) is 32.0 Å². The average Bonchev–Trinajstić information content (AvgIpc) is 0.865. The molecule has 0 aromatic heterocycles. The molecule has 0 aliphatic carbocycles. The van der Waals surface area contributed by atoms with Crippen LogP contribution in [0.5, 0.6) is 0 Å². The molecular formula is C78H141NO13. The molecule has 1 amide bonds. The molecule has 14 nitrogen and oxygen atoms in total. The molecule has 0 aromatic carbocycles. The summed E-state index contributed by atoms with van der Waals surface area (Å²) in [7, 11) is 0. The largest absolute Gasteiger partial charge is 0.394 e. The van der Waals surface area contributed by atoms with Crippen LogP contribution in [0.15, 0.2) is 72.9 Å². The molecule has 0 radical (unpaired) electrons. The molecule has 2 aliphatic heterocycles. The van der Waals surface area contributed by atoms with Crippen molar-refractivity contribution in [1.82, 2.24) is 5.32 Å². The van der Waals surface area contributed by atoms with Crippen LogP contribution in [0.4, 0.5) is 0 Å². The first kappa shape index (κ1) is 85.5. The van der Waals surface area contributed by atoms with Crippen LogP contribution in [-0.4, -0.2) is 140 Å². The third kappa shape index (κ3) is 45.0. The maximum atomic E-state index is 13.4. The lowest BCUT2D eigenvalue weighted by Crippen LogP contribution is -2.65. The molecule has 2 fully saturated rings. The van der Waals surface area contributed by atoms with Gasteiger partial charge in [0.15, 0.2) is 12.6 Å². The highest BCUT2D eigenvalue weighted by molar-refractivity contribution is 5.76. The first-order valence-corrected chi connectivity index (χ1v) is 38.2. The zero-order chi connectivity index (χ0) is 66.6. The second-order valence-electron chi connectivity index (χ2n) is 26.7. The molecule has 536 valence electrons. The number of aliphatic hydroxyl groups excluding tert-OH is 8. The molecule has 0 bridgehead atoms. The van der Waals surface area contributed by atoms with Gasteiger partial charge in [-0.25, -0.2) is 0 Å². The van der Waals surface area contributed by atoms with Crippen molar-refractivity contribution in [3.05, 3.63) is 72.9 Å². The van der Waals surface area contributed by atoms with Crippen molar-refractivity contribution in [2.24, 2.45) is 0 Å². The van der Waals surface area contributed by atoms with Crippen LogP contribution in [0.1, 0.15) is 322 Å². The highest BCUT2D eigenvalue weighted by Gasteiger charge is 2.51. The van der Waals surface area contributed by atoms with Crippen LogP contribution in [0, 0.1) is 0 Å². The van der Waals surface area contributed by atoms with Crippen molar-refractivity contribution in [2.45, 2.75) is 396 Å². The third-order valence-corrected chi connectivity index (χ3v) is 18.4. The summed E-state index contributed by atoms with van der Waals surface area (Å²) in [5.74, 6) is -0.250. The molecule has 2 heterocycles. The Morgan fingerprint density at radius 2 is 0.761 bits per heavy atom. The van der Waals surface area contributed by atoms with Crippen LogP contribution in [0.2, 0.25) is 0 Å². The zero-order valence-electron chi connectivity index (χ0n) is 58.5. The SMILES string of the molecule is CC/C=C\C/C=C\C/C=C\C/C=C\CCCCCCCCCCCCCCC(=O)NC(COC1OC(CO)C(OC2OC(CO)C(O)C(O)C2O)C(O)C1O)C(O)/C=C/CC/C=C/CCCCCCCCCCCCCCCCCCCCCCCCCCCCC. The quantitative estimate of drug-likeness (QED) is 0.0204. The molecule has 2 saturated heterocycles. The normalized spacial score (nSPS) is 23.1. The minimum atomic E-state index is -1.79. The van der Waals surface area contributed by atoms with E-state index in [2.05, 4.69) is 79.9 Å². The van der Waals surface area contributed by atoms with Crippen LogP contribution >= 0.6 is 0 Å². The molecule has 12 unspecified atom stereocenters. The van der Waals surface area contributed by atoms with Crippen molar-refractivity contribution in [2.75, 3.05) is 19.8 Å². The van der Waals surface area contributed by atoms with Crippen molar-refractivity contribution in [3.8, 4) is 0 Å². The standard InChI is InChI=1S/C78H141NO13/c1-3-5-7-9-11-13-15-17-19-21-23-25-27-29-30-31-32-33-34-35-36-38-39-41-43-45-47-49-51-53-55-57-59-61-67(82)66(65-89-77-75(88)73(86)76(69(64-81)91-77)92-78-74(87)72(85)71(84)68(63-80)90-78)79-70(83)62-60-58-56-54-52-50-48-46-44-42-40-37-28-26-24-22-20-18-16-14-12-10-8-6-4-2/h6,8,12,14,18,20,24,26,51,53,59,61,66-69,71-78,80-82,84-88H,3-5,7,9-11,13,15-17,19,21-23,25,27-50,52,54-58,60,62-65H2,1-2H3,(H,79,83)/b8-6-,14-12-,20-18-,26-24-,53-51+,61-59+. The Morgan fingerprint density at radius 1 is 0.402 bits per heavy atom. The number of rotatable bonds is 63. The predicted molar refractivity (Wildman–Crippen MR) is 378 cm³/mol. The Kier molecular flexibility index (Phi) is 57.6. The van der Waals surface area contributed by atoms with Crippen molar-refractivity contribution >= 4 is 5.91 Å². The van der Waals surface area contributed by atoms with Gasteiger partial charge in [-0.3, -0.25) is 4.79 Å². The van der Waals surface area contributed by atoms with Gasteiger partial charge < -0.3 is 65.1 Å². The summed E-state index contributed by atoms with van der Waals surface area (Å²) in [6, 6.07) is -0.938. The monoisotopic (exact) mass is 1300 g/mol. The molecule has 14 heteroatoms. The number of nitrogens with one attached hydrogen (secondary N) is 1. The lowest BCUT2D eigenvalue weighted by molar-refractivity contribution is -0.359. The third-order valence-electron chi connectivity index (χ3n) is 18.4. The van der Waals surface area contributed by atoms with Crippen molar-refractivity contribution in [3.63, 3.8) is 0 Å². The van der Waals surface area contributed by atoms with E-state index in [1.165, 1.54) is 225 Å². The van der Waals surface area contributed by atoms with E-state index in [-0.39, 0.29) is 18.9 Å². The van der Waals surface area contributed by atoms with Crippen LogP contribution in [0.3, 0.4) is 0 Å². The van der Waals surface area contributed by atoms with Gasteiger partial charge in [-0.05, 0) is 70.6 Å². The van der Waals surface area contributed by atoms with Gasteiger partial charge in [-0.2, -0.15) is 0 Å². The number of unbranched alkanes of at least 4 members (excludes halogenated alkanes) is 40. The molecule has 2 rings (SSSR count). The first-order valence-electron chi connectivity index (χ1n) is 38.2. The van der Waals surface area contributed by atoms with Gasteiger partial charge in [-0.15, -0.1) is 0 Å². The number of hydrogen-bond donors (Lipinski definition) is 9. The molecular weight excluding hydrogens is 1160 g/mol. The van der Waals surface area contributed by atoms with Gasteiger partial charge in [0.25, 0.3) is 0 Å². The van der Waals surface area contributed by atoms with E-state index in [9.17, 15) is 45.6 Å². The van der Waals surface area contributed by atoms with Gasteiger partial charge in [0.2, 0.25) is 5.91 Å². The second kappa shape index (κ2) is 62.0. The minimum absolute atomic E-state index is 0.250. The number of aliphatic hydroxyl groups is 8. The van der Waals surface area contributed by atoms with Gasteiger partial charge in [0.1, 0.15) is 48.8 Å². The summed E-state index contributed by atoms with van der Waals surface area (Å²) in [6.45, 7) is 2.71. The molecule has 9 N–H and O–H groups in total. The Labute approximate surface area is 561 Å². The summed E-state index contributed by atoms with van der Waals surface area (Å²) in [4.78, 5) is 13.4. The number of carbonyl (C=O) groups excluding carboxylic acids is 1. The van der Waals surface area contributed by atoms with E-state index >= 15 is 0 Å². The smallest absolute Gasteiger partial charge is 0.220 e. The molecule has 12 atom stereocenters. The Hall–Kier alpha value is -2.57. The Bertz CT molecular complexity index is 1820. The van der Waals surface area contributed by atoms with Crippen molar-refractivity contribution < 1.29 is 64.6 Å². The van der Waals surface area contributed by atoms with Crippen LogP contribution in [-0.2, 0) is 23.7 Å². The summed E-state index contributed by atoms with van der Waals surface area (Å²) >= 11 is 0. The fourth-order valence-electron chi connectivity index (χ4n) is 12.4. The summed E-state index contributed by atoms with van der Waals surface area (Å²) < 4.78 is 22.9. The van der Waals surface area contributed by atoms with Crippen LogP contribution in [0.25, 0.3) is 0 Å². The highest BCUT2D eigenvalue weighted by Crippen LogP contribution is 2.30. The molecule has 92 heavy (non-hydrogen) atoms. The Balaban J connectivity index is 1.65. The van der Waals surface area contributed by atoms with E-state index in [0.717, 1.165) is 64.2 Å². The van der Waals surface area contributed by atoms with Gasteiger partial charge in [0, 0.05) is 6.42 Å². The minimum Gasteiger partial charge on any atom is -0.394 e. The number of ether oxygens (including phenoxy) is 4. The fraction of sp³-hybridized carbons (Fsp3) is 0.833. The summed E-state index contributed by atoms with van der Waals surface area (Å²) in [5, 5.41) is 87.6. The van der Waals surface area contributed by atoms with E-state index in [0.29, 0.717) is 12.8 Å². The lowest BCUT2D eigenvalue weighted by Gasteiger charge is -2.46. The maximum absolute atomic E-state index is 13.4. The number of allylic oxidation sites excluding steroid dienone is 11. The van der Waals surface area contributed by atoms with E-state index in [4.69, 9.17) is 18.9 Å². The maximum Gasteiger partial charge on any atom is 0.220 e. The molecule has 2 aliphatic rings. The number of hydrogen-bond acceptors (Lipinski definition) is 13. The molecule has 0 spiro atoms. The second-order valence-corrected chi connectivity index (χ2v) is 26.7. The molecule has 0 aromatic rings. The highest BCUT2D eigenvalue weighted by atomic mass is 16.7. The van der Waals surface area contributed by atoms with Crippen molar-refractivity contribution in [1.29, 1.82) is 0 Å². The molecule has 0 saturated carbocycles. The zero-order valence-corrected chi connectivity index (χ0v) is 58.5. The van der Waals surface area contributed by atoms with Crippen LogP contribution < -0.4 is 5.32 Å². The number of amides is 1.